The summed E-state index contributed by atoms with van der Waals surface area (Å²) in [6, 6.07) is 0. The van der Waals surface area contributed by atoms with Gasteiger partial charge in [-0.1, -0.05) is 13.3 Å². The third-order valence-electron chi connectivity index (χ3n) is 1.86. The molecule has 0 aliphatic carbocycles. The molecule has 1 rings (SSSR count). The van der Waals surface area contributed by atoms with E-state index >= 15 is 0 Å². The molecule has 0 bridgehead atoms. The van der Waals surface area contributed by atoms with E-state index in [2.05, 4.69) is 17.3 Å². The summed E-state index contributed by atoms with van der Waals surface area (Å²) in [5.41, 5.74) is 2.24. The van der Waals surface area contributed by atoms with E-state index < -0.39 is 0 Å². The van der Waals surface area contributed by atoms with Crippen LogP contribution in [-0.2, 0) is 7.05 Å². The number of rotatable bonds is 4. The van der Waals surface area contributed by atoms with E-state index in [0.717, 1.165) is 17.9 Å². The molecule has 3 heteroatoms. The highest BCUT2D eigenvalue weighted by Gasteiger charge is 1.99. The summed E-state index contributed by atoms with van der Waals surface area (Å²) in [5, 5.41) is 7.60. The van der Waals surface area contributed by atoms with Crippen molar-refractivity contribution in [1.29, 1.82) is 0 Å². The van der Waals surface area contributed by atoms with Crippen LogP contribution in [0.25, 0.3) is 0 Å². The summed E-state index contributed by atoms with van der Waals surface area (Å²) < 4.78 is 1.84. The summed E-state index contributed by atoms with van der Waals surface area (Å²) in [6.07, 6.45) is 4.46. The van der Waals surface area contributed by atoms with Gasteiger partial charge in [0.25, 0.3) is 0 Å². The van der Waals surface area contributed by atoms with Gasteiger partial charge in [0.05, 0.1) is 11.4 Å². The van der Waals surface area contributed by atoms with Crippen LogP contribution in [0.5, 0.6) is 0 Å². The highest BCUT2D eigenvalue weighted by atomic mass is 15.3. The molecular weight excluding hydrogens is 150 g/mol. The van der Waals surface area contributed by atoms with Gasteiger partial charge in [-0.15, -0.1) is 0 Å². The highest BCUT2D eigenvalue weighted by molar-refractivity contribution is 5.45. The molecule has 0 radical (unpaired) electrons. The van der Waals surface area contributed by atoms with Gasteiger partial charge in [-0.25, -0.2) is 0 Å². The smallest absolute Gasteiger partial charge is 0.0824 e. The first kappa shape index (κ1) is 9.10. The number of aromatic nitrogens is 2. The Morgan fingerprint density at radius 1 is 1.58 bits per heavy atom. The van der Waals surface area contributed by atoms with Crippen molar-refractivity contribution in [1.82, 2.24) is 9.78 Å². The fourth-order valence-corrected chi connectivity index (χ4v) is 1.17. The molecular formula is C9H17N3. The lowest BCUT2D eigenvalue weighted by Gasteiger charge is -2.01. The van der Waals surface area contributed by atoms with Crippen LogP contribution in [-0.4, -0.2) is 16.3 Å². The molecule has 0 saturated heterocycles. The van der Waals surface area contributed by atoms with E-state index in [9.17, 15) is 0 Å². The average molecular weight is 167 g/mol. The van der Waals surface area contributed by atoms with Crippen LogP contribution in [0.15, 0.2) is 6.20 Å². The lowest BCUT2D eigenvalue weighted by molar-refractivity contribution is 0.756. The molecule has 0 aromatic carbocycles. The fourth-order valence-electron chi connectivity index (χ4n) is 1.17. The Bertz CT molecular complexity index is 240. The molecule has 1 heterocycles. The number of anilines is 1. The normalized spacial score (nSPS) is 10.2. The van der Waals surface area contributed by atoms with E-state index in [1.807, 2.05) is 24.9 Å². The maximum absolute atomic E-state index is 4.24. The SMILES string of the molecule is CCCCNc1cn(C)nc1C. The molecule has 0 fully saturated rings. The first-order chi connectivity index (χ1) is 5.74. The predicted octanol–water partition coefficient (Wildman–Crippen LogP) is 1.94. The number of hydrogen-bond donors (Lipinski definition) is 1. The van der Waals surface area contributed by atoms with Crippen LogP contribution < -0.4 is 5.32 Å². The topological polar surface area (TPSA) is 29.9 Å². The van der Waals surface area contributed by atoms with Crippen molar-refractivity contribution in [3.63, 3.8) is 0 Å². The third-order valence-corrected chi connectivity index (χ3v) is 1.86. The Hall–Kier alpha value is -0.990. The van der Waals surface area contributed by atoms with Crippen LogP contribution in [0.2, 0.25) is 0 Å². The van der Waals surface area contributed by atoms with E-state index in [-0.39, 0.29) is 0 Å². The second-order valence-electron chi connectivity index (χ2n) is 3.08. The Balaban J connectivity index is 2.45. The summed E-state index contributed by atoms with van der Waals surface area (Å²) in [6.45, 7) is 5.26. The molecule has 0 unspecified atom stereocenters. The van der Waals surface area contributed by atoms with Gasteiger partial charge in [0.1, 0.15) is 0 Å². The average Bonchev–Trinajstić information content (AvgIpc) is 2.31. The molecule has 12 heavy (non-hydrogen) atoms. The van der Waals surface area contributed by atoms with Gasteiger partial charge in [0.2, 0.25) is 0 Å². The minimum atomic E-state index is 1.04. The van der Waals surface area contributed by atoms with Crippen LogP contribution >= 0.6 is 0 Å². The summed E-state index contributed by atoms with van der Waals surface area (Å²) in [4.78, 5) is 0. The lowest BCUT2D eigenvalue weighted by atomic mass is 10.3. The minimum Gasteiger partial charge on any atom is -0.382 e. The molecule has 0 atom stereocenters. The molecule has 3 nitrogen and oxygen atoms in total. The van der Waals surface area contributed by atoms with E-state index in [4.69, 9.17) is 0 Å². The van der Waals surface area contributed by atoms with Crippen molar-refractivity contribution in [3.8, 4) is 0 Å². The molecule has 0 spiro atoms. The van der Waals surface area contributed by atoms with E-state index in [0.29, 0.717) is 0 Å². The van der Waals surface area contributed by atoms with Gasteiger partial charge >= 0.3 is 0 Å². The zero-order valence-corrected chi connectivity index (χ0v) is 8.09. The number of unbranched alkanes of at least 4 members (excludes halogenated alkanes) is 1. The number of nitrogens with one attached hydrogen (secondary N) is 1. The molecule has 0 aliphatic rings. The van der Waals surface area contributed by atoms with Crippen molar-refractivity contribution in [2.75, 3.05) is 11.9 Å². The van der Waals surface area contributed by atoms with Crippen LogP contribution in [0.4, 0.5) is 5.69 Å². The minimum absolute atomic E-state index is 1.04. The molecule has 68 valence electrons. The number of hydrogen-bond acceptors (Lipinski definition) is 2. The van der Waals surface area contributed by atoms with Gasteiger partial charge in [-0.05, 0) is 13.3 Å². The van der Waals surface area contributed by atoms with Gasteiger partial charge in [-0.2, -0.15) is 5.10 Å². The van der Waals surface area contributed by atoms with Crippen molar-refractivity contribution in [2.24, 2.45) is 7.05 Å². The van der Waals surface area contributed by atoms with Crippen molar-refractivity contribution in [3.05, 3.63) is 11.9 Å². The quantitative estimate of drug-likeness (QED) is 0.694. The first-order valence-corrected chi connectivity index (χ1v) is 4.48. The molecule has 0 aliphatic heterocycles. The number of aryl methyl sites for hydroxylation is 2. The predicted molar refractivity (Wildman–Crippen MR) is 51.3 cm³/mol. The molecule has 0 amide bonds. The maximum Gasteiger partial charge on any atom is 0.0824 e. The van der Waals surface area contributed by atoms with E-state index in [1.54, 1.807) is 0 Å². The standard InChI is InChI=1S/C9H17N3/c1-4-5-6-10-9-7-12(3)11-8(9)2/h7,10H,4-6H2,1-3H3. The van der Waals surface area contributed by atoms with E-state index in [1.165, 1.54) is 12.8 Å². The molecule has 1 aromatic heterocycles. The Morgan fingerprint density at radius 3 is 2.83 bits per heavy atom. The molecule has 1 N–H and O–H groups in total. The zero-order valence-electron chi connectivity index (χ0n) is 8.09. The summed E-state index contributed by atoms with van der Waals surface area (Å²) in [7, 11) is 1.94. The van der Waals surface area contributed by atoms with Crippen LogP contribution in [0.1, 0.15) is 25.5 Å². The van der Waals surface area contributed by atoms with Crippen molar-refractivity contribution >= 4 is 5.69 Å². The largest absolute Gasteiger partial charge is 0.382 e. The Morgan fingerprint density at radius 2 is 2.33 bits per heavy atom. The molecule has 0 saturated carbocycles. The second-order valence-corrected chi connectivity index (χ2v) is 3.08. The zero-order chi connectivity index (χ0) is 8.97. The Labute approximate surface area is 73.8 Å². The first-order valence-electron chi connectivity index (χ1n) is 4.48. The van der Waals surface area contributed by atoms with Gasteiger partial charge in [0, 0.05) is 19.8 Å². The van der Waals surface area contributed by atoms with Gasteiger partial charge in [0.15, 0.2) is 0 Å². The van der Waals surface area contributed by atoms with Crippen molar-refractivity contribution < 1.29 is 0 Å². The summed E-state index contributed by atoms with van der Waals surface area (Å²) in [5.74, 6) is 0. The maximum atomic E-state index is 4.24. The summed E-state index contributed by atoms with van der Waals surface area (Å²) >= 11 is 0. The van der Waals surface area contributed by atoms with Gasteiger partial charge in [-0.3, -0.25) is 4.68 Å². The number of nitrogens with zero attached hydrogens (tertiary/aromatic N) is 2. The second kappa shape index (κ2) is 4.14. The van der Waals surface area contributed by atoms with Crippen LogP contribution in [0.3, 0.4) is 0 Å². The highest BCUT2D eigenvalue weighted by Crippen LogP contribution is 2.10. The van der Waals surface area contributed by atoms with Crippen LogP contribution in [0, 0.1) is 6.92 Å². The fraction of sp³-hybridized carbons (Fsp3) is 0.667. The Kier molecular flexibility index (Phi) is 3.14. The lowest BCUT2D eigenvalue weighted by Crippen LogP contribution is -2.00. The van der Waals surface area contributed by atoms with Crippen molar-refractivity contribution in [2.45, 2.75) is 26.7 Å². The molecule has 1 aromatic rings. The van der Waals surface area contributed by atoms with Gasteiger partial charge < -0.3 is 5.32 Å². The third kappa shape index (κ3) is 2.26. The monoisotopic (exact) mass is 167 g/mol.